The highest BCUT2D eigenvalue weighted by Gasteiger charge is 2.24. The number of nitro benzene ring substituents is 3. The van der Waals surface area contributed by atoms with Crippen LogP contribution >= 0.6 is 0 Å². The Kier molecular flexibility index (Phi) is 7.87. The van der Waals surface area contributed by atoms with Crippen molar-refractivity contribution in [3.05, 3.63) is 73.1 Å². The van der Waals surface area contributed by atoms with Gasteiger partial charge in [-0.3, -0.25) is 30.3 Å². The third-order valence-corrected chi connectivity index (χ3v) is 3.94. The Balaban J connectivity index is 0.000000220. The molecule has 0 saturated carbocycles. The van der Waals surface area contributed by atoms with Crippen molar-refractivity contribution in [1.82, 2.24) is 9.55 Å². The average Bonchev–Trinajstić information content (AvgIpc) is 3.14. The first-order chi connectivity index (χ1) is 14.8. The third-order valence-electron chi connectivity index (χ3n) is 3.94. The molecule has 0 atom stereocenters. The van der Waals surface area contributed by atoms with Gasteiger partial charge < -0.3 is 20.1 Å². The average molecular weight is 434 g/mol. The molecule has 14 nitrogen and oxygen atoms in total. The van der Waals surface area contributed by atoms with E-state index >= 15 is 0 Å². The quantitative estimate of drug-likeness (QED) is 0.305. The normalized spacial score (nSPS) is 10.4. The predicted molar refractivity (Wildman–Crippen MR) is 104 cm³/mol. The van der Waals surface area contributed by atoms with Crippen LogP contribution in [0.4, 0.5) is 17.1 Å². The lowest BCUT2D eigenvalue weighted by molar-refractivity contribution is -0.420. The number of para-hydroxylation sites is 2. The predicted octanol–water partition coefficient (Wildman–Crippen LogP) is 1.13. The standard InChI is InChI=1S/C11H15N3O.C6H3N3O7/c12-6-3-7-15-9-14-8-13-10-4-1-2-5-11(10)14;10-6-4(8(13)14)1-3(7(11)12)2-5(6)9(15)16/h1-2,4-5,8H,3,6-7,9,12H2;1-2,10H. The summed E-state index contributed by atoms with van der Waals surface area (Å²) in [5.41, 5.74) is 2.64. The summed E-state index contributed by atoms with van der Waals surface area (Å²) in [6, 6.07) is 8.82. The molecule has 1 aromatic heterocycles. The molecule has 0 aliphatic carbocycles. The van der Waals surface area contributed by atoms with Crippen LogP contribution in [-0.2, 0) is 11.5 Å². The molecule has 3 rings (SSSR count). The number of non-ortho nitro benzene ring substituents is 1. The number of hydrogen-bond acceptors (Lipinski definition) is 9. The molecule has 0 amide bonds. The molecule has 0 radical (unpaired) electrons. The number of rotatable bonds is 8. The van der Waals surface area contributed by atoms with E-state index in [9.17, 15) is 35.4 Å². The van der Waals surface area contributed by atoms with Gasteiger partial charge in [-0.05, 0) is 12.1 Å². The number of fused-ring (bicyclic) bond motifs is 1. The second-order valence-corrected chi connectivity index (χ2v) is 6.03. The summed E-state index contributed by atoms with van der Waals surface area (Å²) in [6.45, 7) is 2.25. The molecule has 0 aliphatic rings. The fraction of sp³-hybridized carbons (Fsp3) is 0.235. The number of aromatic nitrogens is 2. The summed E-state index contributed by atoms with van der Waals surface area (Å²) in [5, 5.41) is 42.1. The molecule has 14 heteroatoms. The number of nitro groups is 3. The Bertz CT molecular complexity index is 1060. The van der Waals surface area contributed by atoms with Crippen LogP contribution in [0.1, 0.15) is 6.42 Å². The number of benzene rings is 2. The Labute approximate surface area is 173 Å². The summed E-state index contributed by atoms with van der Waals surface area (Å²) >= 11 is 0. The zero-order chi connectivity index (χ0) is 23.0. The van der Waals surface area contributed by atoms with Gasteiger partial charge in [0, 0.05) is 6.42 Å². The number of ether oxygens (including phenoxy) is 1. The highest BCUT2D eigenvalue weighted by atomic mass is 16.6. The van der Waals surface area contributed by atoms with Crippen molar-refractivity contribution in [3.8, 4) is 5.75 Å². The van der Waals surface area contributed by atoms with E-state index in [4.69, 9.17) is 4.74 Å². The van der Waals surface area contributed by atoms with Crippen molar-refractivity contribution in [3.63, 3.8) is 0 Å². The summed E-state index contributed by atoms with van der Waals surface area (Å²) in [7, 11) is 0. The van der Waals surface area contributed by atoms with Crippen LogP contribution in [0, 0.1) is 30.3 Å². The van der Waals surface area contributed by atoms with Crippen molar-refractivity contribution in [2.24, 2.45) is 0 Å². The highest BCUT2D eigenvalue weighted by molar-refractivity contribution is 5.74. The summed E-state index contributed by atoms with van der Waals surface area (Å²) in [6.07, 6.45) is 2.82. The van der Waals surface area contributed by atoms with Crippen molar-refractivity contribution in [2.45, 2.75) is 13.2 Å². The monoisotopic (exact) mass is 434 g/mol. The van der Waals surface area contributed by atoms with Crippen molar-refractivity contribution < 1.29 is 30.3 Å². The van der Waals surface area contributed by atoms with Gasteiger partial charge in [-0.1, -0.05) is 12.1 Å². The molecule has 0 saturated heterocycles. The number of nitrogens with zero attached hydrogens (tertiary/aromatic N) is 5. The molecule has 1 heterocycles. The molecule has 0 unspecified atom stereocenters. The Morgan fingerprint density at radius 1 is 1.00 bits per heavy atom. The van der Waals surface area contributed by atoms with Crippen LogP contribution in [0.5, 0.6) is 5.75 Å². The maximum Gasteiger partial charge on any atom is 0.283 e. The van der Waals surface area contributed by atoms with Gasteiger partial charge in [0.15, 0.2) is 0 Å². The van der Waals surface area contributed by atoms with E-state index in [1.165, 1.54) is 0 Å². The molecule has 0 aliphatic heterocycles. The van der Waals surface area contributed by atoms with Crippen molar-refractivity contribution >= 4 is 28.1 Å². The second-order valence-electron chi connectivity index (χ2n) is 6.03. The molecule has 0 fully saturated rings. The van der Waals surface area contributed by atoms with E-state index in [-0.39, 0.29) is 0 Å². The van der Waals surface area contributed by atoms with E-state index < -0.39 is 37.6 Å². The molecular weight excluding hydrogens is 416 g/mol. The molecule has 0 spiro atoms. The largest absolute Gasteiger partial charge is 0.863 e. The highest BCUT2D eigenvalue weighted by Crippen LogP contribution is 2.36. The van der Waals surface area contributed by atoms with Crippen LogP contribution in [0.15, 0.2) is 42.7 Å². The Morgan fingerprint density at radius 3 is 2.16 bits per heavy atom. The summed E-state index contributed by atoms with van der Waals surface area (Å²) in [5.74, 6) is -1.46. The van der Waals surface area contributed by atoms with E-state index in [1.807, 2.05) is 35.2 Å². The lowest BCUT2D eigenvalue weighted by Gasteiger charge is -2.06. The van der Waals surface area contributed by atoms with Gasteiger partial charge in [0.25, 0.3) is 17.1 Å². The molecule has 3 aromatic rings. The van der Waals surface area contributed by atoms with Crippen molar-refractivity contribution in [2.75, 3.05) is 13.2 Å². The van der Waals surface area contributed by atoms with E-state index in [0.717, 1.165) is 30.6 Å². The van der Waals surface area contributed by atoms with E-state index in [1.54, 1.807) is 0 Å². The fourth-order valence-corrected chi connectivity index (χ4v) is 2.44. The van der Waals surface area contributed by atoms with Gasteiger partial charge in [-0.25, -0.2) is 4.98 Å². The van der Waals surface area contributed by atoms with Gasteiger partial charge >= 0.3 is 0 Å². The SMILES string of the molecule is O=[N+]([O-])c1cc([N+](=O)[O-])c([O-])c([N+](=O)[O-])c1.[NH3+]CCCOCn1cnc2ccccc21. The topological polar surface area (TPSA) is 207 Å². The molecule has 3 N–H and O–H groups in total. The van der Waals surface area contributed by atoms with Crippen LogP contribution in [0.3, 0.4) is 0 Å². The fourth-order valence-electron chi connectivity index (χ4n) is 2.44. The molecule has 164 valence electrons. The summed E-state index contributed by atoms with van der Waals surface area (Å²) in [4.78, 5) is 31.8. The minimum absolute atomic E-state index is 0.384. The molecular formula is C17H18N6O8. The van der Waals surface area contributed by atoms with E-state index in [0.29, 0.717) is 18.9 Å². The lowest BCUT2D eigenvalue weighted by Crippen LogP contribution is -2.50. The van der Waals surface area contributed by atoms with Crippen LogP contribution in [0.25, 0.3) is 11.0 Å². The van der Waals surface area contributed by atoms with Gasteiger partial charge in [-0.2, -0.15) is 0 Å². The number of hydrogen-bond donors (Lipinski definition) is 1. The maximum absolute atomic E-state index is 11.1. The minimum atomic E-state index is -1.46. The molecule has 0 bridgehead atoms. The van der Waals surface area contributed by atoms with Crippen LogP contribution in [-0.4, -0.2) is 37.5 Å². The van der Waals surface area contributed by atoms with Gasteiger partial charge in [-0.15, -0.1) is 0 Å². The van der Waals surface area contributed by atoms with Crippen LogP contribution < -0.4 is 10.8 Å². The van der Waals surface area contributed by atoms with E-state index in [2.05, 4.69) is 10.7 Å². The zero-order valence-electron chi connectivity index (χ0n) is 16.1. The van der Waals surface area contributed by atoms with Gasteiger partial charge in [0.2, 0.25) is 0 Å². The zero-order valence-corrected chi connectivity index (χ0v) is 16.1. The maximum atomic E-state index is 11.1. The number of quaternary nitrogens is 1. The molecule has 2 aromatic carbocycles. The minimum Gasteiger partial charge on any atom is -0.863 e. The van der Waals surface area contributed by atoms with Crippen molar-refractivity contribution in [1.29, 1.82) is 0 Å². The second kappa shape index (κ2) is 10.6. The molecule has 31 heavy (non-hydrogen) atoms. The first-order valence-electron chi connectivity index (χ1n) is 8.81. The smallest absolute Gasteiger partial charge is 0.283 e. The van der Waals surface area contributed by atoms with Gasteiger partial charge in [0.1, 0.15) is 6.73 Å². The lowest BCUT2D eigenvalue weighted by atomic mass is 10.2. The Hall–Kier alpha value is -4.17. The first kappa shape index (κ1) is 23.1. The Morgan fingerprint density at radius 2 is 1.61 bits per heavy atom. The first-order valence-corrected chi connectivity index (χ1v) is 8.81. The van der Waals surface area contributed by atoms with Gasteiger partial charge in [0.05, 0.1) is 63.2 Å². The number of imidazole rings is 1. The third kappa shape index (κ3) is 5.91. The van der Waals surface area contributed by atoms with Crippen LogP contribution in [0.2, 0.25) is 0 Å². The summed E-state index contributed by atoms with van der Waals surface area (Å²) < 4.78 is 7.52.